The van der Waals surface area contributed by atoms with Crippen molar-refractivity contribution in [3.05, 3.63) is 23.8 Å². The molecule has 0 saturated carbocycles. The van der Waals surface area contributed by atoms with Gasteiger partial charge in [0.2, 0.25) is 5.91 Å². The molecule has 7 heteroatoms. The zero-order valence-electron chi connectivity index (χ0n) is 13.6. The summed E-state index contributed by atoms with van der Waals surface area (Å²) in [6.07, 6.45) is 1.39. The molecule has 1 aromatic carbocycles. The van der Waals surface area contributed by atoms with E-state index in [0.717, 1.165) is 11.8 Å². The molecule has 0 unspecified atom stereocenters. The minimum absolute atomic E-state index is 0.0383. The van der Waals surface area contributed by atoms with E-state index in [1.807, 2.05) is 20.8 Å². The summed E-state index contributed by atoms with van der Waals surface area (Å²) in [6.45, 7) is 6.06. The first-order chi connectivity index (χ1) is 10.2. The lowest BCUT2D eigenvalue weighted by molar-refractivity contribution is -0.133. The summed E-state index contributed by atoms with van der Waals surface area (Å²) >= 11 is 0. The SMILES string of the molecule is CCC(=O)N(Cc1ccc(OC)c(OS(C)(=O)=O)c1)C(C)C. The third kappa shape index (κ3) is 5.22. The van der Waals surface area contributed by atoms with E-state index in [1.165, 1.54) is 7.11 Å². The van der Waals surface area contributed by atoms with Gasteiger partial charge in [-0.05, 0) is 31.5 Å². The van der Waals surface area contributed by atoms with Crippen LogP contribution in [-0.2, 0) is 21.5 Å². The molecular weight excluding hydrogens is 306 g/mol. The van der Waals surface area contributed by atoms with Gasteiger partial charge in [-0.3, -0.25) is 4.79 Å². The molecule has 0 saturated heterocycles. The molecule has 0 aromatic heterocycles. The summed E-state index contributed by atoms with van der Waals surface area (Å²) in [6, 6.07) is 5.05. The average Bonchev–Trinajstić information content (AvgIpc) is 2.42. The molecule has 0 N–H and O–H groups in total. The number of ether oxygens (including phenoxy) is 1. The second-order valence-electron chi connectivity index (χ2n) is 5.24. The molecule has 0 radical (unpaired) electrons. The quantitative estimate of drug-likeness (QED) is 0.717. The highest BCUT2D eigenvalue weighted by Crippen LogP contribution is 2.29. The van der Waals surface area contributed by atoms with E-state index in [1.54, 1.807) is 23.1 Å². The maximum absolute atomic E-state index is 12.0. The number of carbonyl (C=O) groups is 1. The second kappa shape index (κ2) is 7.49. The van der Waals surface area contributed by atoms with Crippen molar-refractivity contribution in [1.29, 1.82) is 0 Å². The van der Waals surface area contributed by atoms with Crippen LogP contribution in [0.2, 0.25) is 0 Å². The Labute approximate surface area is 132 Å². The minimum Gasteiger partial charge on any atom is -0.493 e. The molecule has 22 heavy (non-hydrogen) atoms. The van der Waals surface area contributed by atoms with Crippen LogP contribution in [0.5, 0.6) is 11.5 Å². The molecule has 0 aliphatic rings. The zero-order chi connectivity index (χ0) is 16.9. The molecule has 124 valence electrons. The standard InChI is InChI=1S/C15H23NO5S/c1-6-15(17)16(11(2)3)10-12-7-8-13(20-4)14(9-12)21-22(5,18)19/h7-9,11H,6,10H2,1-5H3. The molecule has 6 nitrogen and oxygen atoms in total. The lowest BCUT2D eigenvalue weighted by atomic mass is 10.1. The number of hydrogen-bond acceptors (Lipinski definition) is 5. The number of carbonyl (C=O) groups excluding carboxylic acids is 1. The topological polar surface area (TPSA) is 72.9 Å². The van der Waals surface area contributed by atoms with Crippen molar-refractivity contribution in [3.8, 4) is 11.5 Å². The second-order valence-corrected chi connectivity index (χ2v) is 6.82. The van der Waals surface area contributed by atoms with Gasteiger partial charge < -0.3 is 13.8 Å². The molecule has 0 atom stereocenters. The van der Waals surface area contributed by atoms with E-state index in [-0.39, 0.29) is 17.7 Å². The Balaban J connectivity index is 3.10. The van der Waals surface area contributed by atoms with Gasteiger partial charge in [-0.15, -0.1) is 0 Å². The highest BCUT2D eigenvalue weighted by atomic mass is 32.2. The number of amides is 1. The Morgan fingerprint density at radius 2 is 1.91 bits per heavy atom. The number of rotatable bonds is 7. The fraction of sp³-hybridized carbons (Fsp3) is 0.533. The fourth-order valence-corrected chi connectivity index (χ4v) is 2.46. The first-order valence-electron chi connectivity index (χ1n) is 7.03. The molecule has 0 spiro atoms. The Kier molecular flexibility index (Phi) is 6.22. The number of nitrogens with zero attached hydrogens (tertiary/aromatic N) is 1. The molecule has 0 heterocycles. The van der Waals surface area contributed by atoms with Crippen LogP contribution in [0, 0.1) is 0 Å². The van der Waals surface area contributed by atoms with Crippen LogP contribution in [0.4, 0.5) is 0 Å². The third-order valence-electron chi connectivity index (χ3n) is 3.07. The van der Waals surface area contributed by atoms with Gasteiger partial charge >= 0.3 is 10.1 Å². The van der Waals surface area contributed by atoms with Gasteiger partial charge in [-0.1, -0.05) is 13.0 Å². The van der Waals surface area contributed by atoms with Gasteiger partial charge in [0.05, 0.1) is 13.4 Å². The fourth-order valence-electron chi connectivity index (χ4n) is 2.01. The number of benzene rings is 1. The van der Waals surface area contributed by atoms with Crippen LogP contribution < -0.4 is 8.92 Å². The van der Waals surface area contributed by atoms with Crippen molar-refractivity contribution < 1.29 is 22.1 Å². The van der Waals surface area contributed by atoms with Crippen molar-refractivity contribution in [2.45, 2.75) is 39.8 Å². The predicted octanol–water partition coefficient (Wildman–Crippen LogP) is 2.18. The minimum atomic E-state index is -3.65. The Morgan fingerprint density at radius 3 is 2.36 bits per heavy atom. The van der Waals surface area contributed by atoms with Crippen LogP contribution >= 0.6 is 0 Å². The van der Waals surface area contributed by atoms with E-state index < -0.39 is 10.1 Å². The van der Waals surface area contributed by atoms with Crippen molar-refractivity contribution >= 4 is 16.0 Å². The maximum Gasteiger partial charge on any atom is 0.306 e. The number of methoxy groups -OCH3 is 1. The van der Waals surface area contributed by atoms with Gasteiger partial charge in [0.25, 0.3) is 0 Å². The van der Waals surface area contributed by atoms with E-state index >= 15 is 0 Å². The molecule has 0 aliphatic carbocycles. The summed E-state index contributed by atoms with van der Waals surface area (Å²) < 4.78 is 32.7. The molecule has 1 rings (SSSR count). The smallest absolute Gasteiger partial charge is 0.306 e. The normalized spacial score (nSPS) is 11.4. The van der Waals surface area contributed by atoms with Crippen LogP contribution in [0.1, 0.15) is 32.8 Å². The summed E-state index contributed by atoms with van der Waals surface area (Å²) in [5, 5.41) is 0. The van der Waals surface area contributed by atoms with Crippen LogP contribution in [0.25, 0.3) is 0 Å². The third-order valence-corrected chi connectivity index (χ3v) is 3.55. The number of hydrogen-bond donors (Lipinski definition) is 0. The van der Waals surface area contributed by atoms with Crippen molar-refractivity contribution in [1.82, 2.24) is 4.90 Å². The Morgan fingerprint density at radius 1 is 1.27 bits per heavy atom. The first-order valence-corrected chi connectivity index (χ1v) is 8.85. The van der Waals surface area contributed by atoms with Crippen molar-refractivity contribution in [2.24, 2.45) is 0 Å². The summed E-state index contributed by atoms with van der Waals surface area (Å²) in [4.78, 5) is 13.7. The van der Waals surface area contributed by atoms with E-state index in [4.69, 9.17) is 8.92 Å². The lowest BCUT2D eigenvalue weighted by Gasteiger charge is -2.26. The van der Waals surface area contributed by atoms with Crippen LogP contribution in [0.15, 0.2) is 18.2 Å². The monoisotopic (exact) mass is 329 g/mol. The summed E-state index contributed by atoms with van der Waals surface area (Å²) in [5.41, 5.74) is 0.773. The molecular formula is C15H23NO5S. The Bertz CT molecular complexity index is 625. The van der Waals surface area contributed by atoms with Crippen molar-refractivity contribution in [2.75, 3.05) is 13.4 Å². The zero-order valence-corrected chi connectivity index (χ0v) is 14.4. The highest BCUT2D eigenvalue weighted by molar-refractivity contribution is 7.86. The first kappa shape index (κ1) is 18.3. The molecule has 0 aliphatic heterocycles. The predicted molar refractivity (Wildman–Crippen MR) is 84.4 cm³/mol. The van der Waals surface area contributed by atoms with E-state index in [2.05, 4.69) is 0 Å². The van der Waals surface area contributed by atoms with E-state index in [0.29, 0.717) is 18.7 Å². The van der Waals surface area contributed by atoms with Crippen LogP contribution in [0.3, 0.4) is 0 Å². The maximum atomic E-state index is 12.0. The van der Waals surface area contributed by atoms with Crippen molar-refractivity contribution in [3.63, 3.8) is 0 Å². The summed E-state index contributed by atoms with van der Waals surface area (Å²) in [5.74, 6) is 0.485. The van der Waals surface area contributed by atoms with Gasteiger partial charge in [-0.25, -0.2) is 0 Å². The van der Waals surface area contributed by atoms with E-state index in [9.17, 15) is 13.2 Å². The Hall–Kier alpha value is -1.76. The van der Waals surface area contributed by atoms with Gasteiger partial charge in [0.15, 0.2) is 11.5 Å². The molecule has 1 amide bonds. The summed E-state index contributed by atoms with van der Waals surface area (Å²) in [7, 11) is -2.22. The molecule has 1 aromatic rings. The van der Waals surface area contributed by atoms with Gasteiger partial charge in [0, 0.05) is 19.0 Å². The molecule has 0 bridgehead atoms. The highest BCUT2D eigenvalue weighted by Gasteiger charge is 2.17. The lowest BCUT2D eigenvalue weighted by Crippen LogP contribution is -2.35. The largest absolute Gasteiger partial charge is 0.493 e. The average molecular weight is 329 g/mol. The van der Waals surface area contributed by atoms with Crippen LogP contribution in [-0.4, -0.2) is 38.6 Å². The van der Waals surface area contributed by atoms with Gasteiger partial charge in [-0.2, -0.15) is 8.42 Å². The van der Waals surface area contributed by atoms with Gasteiger partial charge in [0.1, 0.15) is 0 Å². The molecule has 0 fully saturated rings.